The molecule has 1 aromatic heterocycles. The van der Waals surface area contributed by atoms with Crippen molar-refractivity contribution in [3.8, 4) is 5.69 Å². The minimum Gasteiger partial charge on any atom is -0.383 e. The van der Waals surface area contributed by atoms with Gasteiger partial charge in [-0.15, -0.1) is 0 Å². The van der Waals surface area contributed by atoms with E-state index in [0.29, 0.717) is 5.69 Å². The van der Waals surface area contributed by atoms with Crippen molar-refractivity contribution >= 4 is 17.5 Å². The van der Waals surface area contributed by atoms with Crippen LogP contribution in [0.1, 0.15) is 16.1 Å². The molecule has 0 aliphatic carbocycles. The third kappa shape index (κ3) is 5.52. The minimum absolute atomic E-state index is 0.0592. The molecule has 0 unspecified atom stereocenters. The molecule has 10 heteroatoms. The molecule has 32 heavy (non-hydrogen) atoms. The van der Waals surface area contributed by atoms with Crippen molar-refractivity contribution in [2.24, 2.45) is 0 Å². The summed E-state index contributed by atoms with van der Waals surface area (Å²) in [6.45, 7) is -0.268. The smallest absolute Gasteiger partial charge is 0.383 e. The van der Waals surface area contributed by atoms with Crippen molar-refractivity contribution in [1.82, 2.24) is 14.5 Å². The van der Waals surface area contributed by atoms with Crippen LogP contribution >= 0.6 is 0 Å². The molecule has 0 bridgehead atoms. The van der Waals surface area contributed by atoms with Gasteiger partial charge in [0, 0.05) is 19.3 Å². The van der Waals surface area contributed by atoms with Gasteiger partial charge in [0.2, 0.25) is 5.91 Å². The lowest BCUT2D eigenvalue weighted by molar-refractivity contribution is -0.137. The van der Waals surface area contributed by atoms with Gasteiger partial charge in [-0.2, -0.15) is 13.2 Å². The lowest BCUT2D eigenvalue weighted by Gasteiger charge is -2.23. The molecule has 0 fully saturated rings. The van der Waals surface area contributed by atoms with E-state index in [1.807, 2.05) is 6.07 Å². The van der Waals surface area contributed by atoms with Gasteiger partial charge in [-0.3, -0.25) is 14.2 Å². The van der Waals surface area contributed by atoms with Gasteiger partial charge in [0.1, 0.15) is 12.2 Å². The number of rotatable bonds is 8. The number of benzene rings is 2. The van der Waals surface area contributed by atoms with Crippen LogP contribution < -0.4 is 5.32 Å². The summed E-state index contributed by atoms with van der Waals surface area (Å²) in [5, 5.41) is 2.25. The Morgan fingerprint density at radius 1 is 1.09 bits per heavy atom. The fourth-order valence-electron chi connectivity index (χ4n) is 3.07. The Kier molecular flexibility index (Phi) is 7.26. The highest BCUT2D eigenvalue weighted by molar-refractivity contribution is 5.99. The lowest BCUT2D eigenvalue weighted by Crippen LogP contribution is -2.40. The molecule has 0 aliphatic heterocycles. The quantitative estimate of drug-likeness (QED) is 0.574. The zero-order valence-corrected chi connectivity index (χ0v) is 17.2. The van der Waals surface area contributed by atoms with E-state index in [1.165, 1.54) is 36.7 Å². The molecular formula is C22H21F3N4O3. The number of aromatic nitrogens is 2. The number of imidazole rings is 1. The van der Waals surface area contributed by atoms with E-state index in [1.54, 1.807) is 28.8 Å². The number of anilines is 1. The number of amides is 2. The van der Waals surface area contributed by atoms with Crippen LogP contribution in [0.15, 0.2) is 67.1 Å². The van der Waals surface area contributed by atoms with E-state index in [-0.39, 0.29) is 24.5 Å². The number of nitrogens with one attached hydrogen (secondary N) is 1. The molecule has 7 nitrogen and oxygen atoms in total. The fraction of sp³-hybridized carbons (Fsp3) is 0.227. The molecule has 2 amide bonds. The van der Waals surface area contributed by atoms with Crippen LogP contribution in [0.3, 0.4) is 0 Å². The molecule has 3 rings (SSSR count). The predicted molar refractivity (Wildman–Crippen MR) is 111 cm³/mol. The van der Waals surface area contributed by atoms with Crippen molar-refractivity contribution in [1.29, 1.82) is 0 Å². The number of alkyl halides is 3. The number of carbonyl (C=O) groups is 2. The summed E-state index contributed by atoms with van der Waals surface area (Å²) in [6.07, 6.45) is -1.79. The number of methoxy groups -OCH3 is 1. The maximum absolute atomic E-state index is 13.2. The van der Waals surface area contributed by atoms with E-state index < -0.39 is 30.1 Å². The van der Waals surface area contributed by atoms with Crippen LogP contribution in [0.2, 0.25) is 0 Å². The maximum Gasteiger partial charge on any atom is 0.418 e. The molecule has 0 spiro atoms. The van der Waals surface area contributed by atoms with E-state index in [2.05, 4.69) is 10.3 Å². The second-order valence-corrected chi connectivity index (χ2v) is 6.80. The predicted octanol–water partition coefficient (Wildman–Crippen LogP) is 3.62. The minimum atomic E-state index is -4.63. The van der Waals surface area contributed by atoms with Crippen molar-refractivity contribution in [2.45, 2.75) is 6.18 Å². The van der Waals surface area contributed by atoms with Crippen LogP contribution in [0.25, 0.3) is 5.69 Å². The monoisotopic (exact) mass is 446 g/mol. The standard InChI is InChI=1S/C22H21F3N4O3/c1-32-12-11-28(14-20(30)27-18-10-6-5-9-17(18)22(23,24)25)21(31)19-13-26-15-29(19)16-7-3-2-4-8-16/h2-10,13,15H,11-12,14H2,1H3,(H,27,30). The summed E-state index contributed by atoms with van der Waals surface area (Å²) < 4.78 is 46.2. The van der Waals surface area contributed by atoms with E-state index in [4.69, 9.17) is 4.74 Å². The van der Waals surface area contributed by atoms with Crippen LogP contribution in [-0.2, 0) is 15.7 Å². The topological polar surface area (TPSA) is 76.5 Å². The van der Waals surface area contributed by atoms with Gasteiger partial charge in [0.25, 0.3) is 5.91 Å². The van der Waals surface area contributed by atoms with Gasteiger partial charge in [0.15, 0.2) is 0 Å². The maximum atomic E-state index is 13.2. The number of hydrogen-bond acceptors (Lipinski definition) is 4. The number of halogens is 3. The third-order valence-electron chi connectivity index (χ3n) is 4.59. The second kappa shape index (κ2) is 10.1. The van der Waals surface area contributed by atoms with Gasteiger partial charge in [0.05, 0.1) is 30.4 Å². The zero-order valence-electron chi connectivity index (χ0n) is 17.2. The summed E-state index contributed by atoms with van der Waals surface area (Å²) in [6, 6.07) is 13.7. The fourth-order valence-corrected chi connectivity index (χ4v) is 3.07. The van der Waals surface area contributed by atoms with Crippen molar-refractivity contribution in [3.63, 3.8) is 0 Å². The van der Waals surface area contributed by atoms with Gasteiger partial charge in [-0.05, 0) is 24.3 Å². The van der Waals surface area contributed by atoms with E-state index in [9.17, 15) is 22.8 Å². The number of para-hydroxylation sites is 2. The summed E-state index contributed by atoms with van der Waals surface area (Å²) in [4.78, 5) is 31.0. The molecular weight excluding hydrogens is 425 g/mol. The third-order valence-corrected chi connectivity index (χ3v) is 4.59. The van der Waals surface area contributed by atoms with Gasteiger partial charge in [-0.25, -0.2) is 4.98 Å². The first kappa shape index (κ1) is 23.0. The van der Waals surface area contributed by atoms with Crippen LogP contribution in [0.4, 0.5) is 18.9 Å². The van der Waals surface area contributed by atoms with Gasteiger partial charge >= 0.3 is 6.18 Å². The molecule has 168 valence electrons. The van der Waals surface area contributed by atoms with Crippen LogP contribution in [-0.4, -0.2) is 53.1 Å². The Labute approximate surface area is 182 Å². The number of hydrogen-bond donors (Lipinski definition) is 1. The summed E-state index contributed by atoms with van der Waals surface area (Å²) in [5.74, 6) is -1.28. The molecule has 0 saturated carbocycles. The second-order valence-electron chi connectivity index (χ2n) is 6.80. The van der Waals surface area contributed by atoms with Gasteiger partial charge < -0.3 is 15.0 Å². The highest BCUT2D eigenvalue weighted by atomic mass is 19.4. The molecule has 1 heterocycles. The molecule has 0 saturated heterocycles. The van der Waals surface area contributed by atoms with Crippen LogP contribution in [0.5, 0.6) is 0 Å². The average Bonchev–Trinajstić information content (AvgIpc) is 3.26. The van der Waals surface area contributed by atoms with E-state index >= 15 is 0 Å². The number of nitrogens with zero attached hydrogens (tertiary/aromatic N) is 3. The van der Waals surface area contributed by atoms with Gasteiger partial charge in [-0.1, -0.05) is 30.3 Å². The summed E-state index contributed by atoms with van der Waals surface area (Å²) in [5.41, 5.74) is -0.442. The largest absolute Gasteiger partial charge is 0.418 e. The highest BCUT2D eigenvalue weighted by Gasteiger charge is 2.33. The first-order valence-electron chi connectivity index (χ1n) is 9.63. The number of ether oxygens (including phenoxy) is 1. The molecule has 2 aromatic carbocycles. The number of carbonyl (C=O) groups excluding carboxylic acids is 2. The average molecular weight is 446 g/mol. The Hall–Kier alpha value is -3.66. The van der Waals surface area contributed by atoms with Crippen molar-refractivity contribution in [3.05, 3.63) is 78.4 Å². The lowest BCUT2D eigenvalue weighted by atomic mass is 10.1. The molecule has 1 N–H and O–H groups in total. The first-order valence-corrected chi connectivity index (χ1v) is 9.63. The highest BCUT2D eigenvalue weighted by Crippen LogP contribution is 2.34. The van der Waals surface area contributed by atoms with Crippen molar-refractivity contribution in [2.75, 3.05) is 32.1 Å². The Balaban J connectivity index is 1.81. The molecule has 0 radical (unpaired) electrons. The Bertz CT molecular complexity index is 1070. The zero-order chi connectivity index (χ0) is 23.1. The van der Waals surface area contributed by atoms with E-state index in [0.717, 1.165) is 12.1 Å². The molecule has 0 aliphatic rings. The van der Waals surface area contributed by atoms with Crippen LogP contribution in [0, 0.1) is 0 Å². The Morgan fingerprint density at radius 3 is 2.47 bits per heavy atom. The SMILES string of the molecule is COCCN(CC(=O)Nc1ccccc1C(F)(F)F)C(=O)c1cncn1-c1ccccc1. The summed E-state index contributed by atoms with van der Waals surface area (Å²) in [7, 11) is 1.44. The Morgan fingerprint density at radius 2 is 1.78 bits per heavy atom. The molecule has 3 aromatic rings. The summed E-state index contributed by atoms with van der Waals surface area (Å²) >= 11 is 0. The molecule has 0 atom stereocenters. The van der Waals surface area contributed by atoms with Crippen molar-refractivity contribution < 1.29 is 27.5 Å². The first-order chi connectivity index (χ1) is 15.3. The normalized spacial score (nSPS) is 11.2.